The molecule has 0 saturated carbocycles. The fraction of sp³-hybridized carbons (Fsp3) is 0.348. The summed E-state index contributed by atoms with van der Waals surface area (Å²) >= 11 is 0. The zero-order valence-corrected chi connectivity index (χ0v) is 17.1. The lowest BCUT2D eigenvalue weighted by Gasteiger charge is -2.45. The maximum absolute atomic E-state index is 14.1. The molecule has 32 heavy (non-hydrogen) atoms. The quantitative estimate of drug-likeness (QED) is 0.432. The summed E-state index contributed by atoms with van der Waals surface area (Å²) in [6, 6.07) is 9.93. The normalized spacial score (nSPS) is 23.2. The van der Waals surface area contributed by atoms with Crippen LogP contribution in [0.3, 0.4) is 0 Å². The first kappa shape index (κ1) is 22.1. The number of hydrogen-bond donors (Lipinski definition) is 4. The molecule has 0 spiro atoms. The molecule has 3 unspecified atom stereocenters. The van der Waals surface area contributed by atoms with Crippen molar-refractivity contribution in [2.75, 3.05) is 11.9 Å². The summed E-state index contributed by atoms with van der Waals surface area (Å²) in [5.74, 6) is -3.94. The minimum atomic E-state index is -4.95. The third-order valence-corrected chi connectivity index (χ3v) is 6.36. The molecule has 3 aromatic rings. The monoisotopic (exact) mass is 450 g/mol. The number of anilines is 1. The van der Waals surface area contributed by atoms with Crippen LogP contribution in [0.1, 0.15) is 42.7 Å². The van der Waals surface area contributed by atoms with Crippen LogP contribution < -0.4 is 10.9 Å². The van der Waals surface area contributed by atoms with E-state index in [-0.39, 0.29) is 29.7 Å². The van der Waals surface area contributed by atoms with E-state index in [0.717, 1.165) is 6.07 Å². The standard InChI is InChI=1S/C23H22F4N2O3/c1-2-12-10-22(32,23(25,26)27)15(13-6-8-16(24)21(31)20(12)13)11-28-17-4-3-5-18-14(17)7-9-19(30)29-18/h3-9,12,15,28,31-32H,2,10-11H2,1H3,(H,29,30). The van der Waals surface area contributed by atoms with Crippen molar-refractivity contribution in [3.63, 3.8) is 0 Å². The number of phenols is 1. The Morgan fingerprint density at radius 3 is 2.62 bits per heavy atom. The first-order valence-corrected chi connectivity index (χ1v) is 10.2. The van der Waals surface area contributed by atoms with Gasteiger partial charge < -0.3 is 20.5 Å². The number of H-pyrrole nitrogens is 1. The lowest BCUT2D eigenvalue weighted by molar-refractivity contribution is -0.274. The van der Waals surface area contributed by atoms with Crippen molar-refractivity contribution in [3.05, 3.63) is 69.8 Å². The number of pyridine rings is 1. The van der Waals surface area contributed by atoms with Crippen LogP contribution in [0.25, 0.3) is 10.9 Å². The predicted octanol–water partition coefficient (Wildman–Crippen LogP) is 4.76. The molecular formula is C23H22F4N2O3. The number of phenolic OH excluding ortho intramolecular Hbond substituents is 1. The molecule has 0 amide bonds. The SMILES string of the molecule is CCC1CC(O)(C(F)(F)F)C(CNc2cccc3[nH]c(=O)ccc23)c2ccc(F)c(O)c21. The molecule has 9 heteroatoms. The molecule has 1 heterocycles. The molecule has 2 aromatic carbocycles. The number of aromatic nitrogens is 1. The van der Waals surface area contributed by atoms with E-state index in [4.69, 9.17) is 0 Å². The number of alkyl halides is 3. The molecule has 170 valence electrons. The zero-order chi connectivity index (χ0) is 23.3. The van der Waals surface area contributed by atoms with Crippen LogP contribution in [0.15, 0.2) is 47.3 Å². The number of fused-ring (bicyclic) bond motifs is 2. The van der Waals surface area contributed by atoms with Gasteiger partial charge in [-0.25, -0.2) is 4.39 Å². The molecule has 1 aromatic heterocycles. The lowest BCUT2D eigenvalue weighted by Crippen LogP contribution is -2.55. The minimum Gasteiger partial charge on any atom is -0.505 e. The second-order valence-electron chi connectivity index (χ2n) is 8.15. The molecule has 1 aliphatic carbocycles. The van der Waals surface area contributed by atoms with Crippen LogP contribution in [0.2, 0.25) is 0 Å². The van der Waals surface area contributed by atoms with Gasteiger partial charge in [0.15, 0.2) is 17.2 Å². The van der Waals surface area contributed by atoms with Gasteiger partial charge >= 0.3 is 6.18 Å². The Labute approximate surface area is 180 Å². The van der Waals surface area contributed by atoms with Crippen molar-refractivity contribution in [2.45, 2.75) is 43.4 Å². The molecule has 0 aliphatic heterocycles. The number of aromatic hydroxyl groups is 1. The van der Waals surface area contributed by atoms with E-state index in [9.17, 15) is 32.6 Å². The van der Waals surface area contributed by atoms with E-state index in [1.54, 1.807) is 31.2 Å². The number of aliphatic hydroxyl groups is 1. The Kier molecular flexibility index (Phi) is 5.40. The average molecular weight is 450 g/mol. The van der Waals surface area contributed by atoms with Crippen LogP contribution in [-0.4, -0.2) is 33.5 Å². The highest BCUT2D eigenvalue weighted by Crippen LogP contribution is 2.55. The van der Waals surface area contributed by atoms with Gasteiger partial charge in [-0.3, -0.25) is 4.79 Å². The van der Waals surface area contributed by atoms with Crippen molar-refractivity contribution >= 4 is 16.6 Å². The molecule has 1 aliphatic rings. The summed E-state index contributed by atoms with van der Waals surface area (Å²) in [5, 5.41) is 24.8. The smallest absolute Gasteiger partial charge is 0.417 e. The molecule has 4 rings (SSSR count). The number of rotatable bonds is 4. The summed E-state index contributed by atoms with van der Waals surface area (Å²) in [5.41, 5.74) is -2.25. The van der Waals surface area contributed by atoms with Gasteiger partial charge in [-0.15, -0.1) is 0 Å². The summed E-state index contributed by atoms with van der Waals surface area (Å²) in [6.45, 7) is 1.30. The number of benzene rings is 2. The number of aromatic amines is 1. The van der Waals surface area contributed by atoms with Crippen molar-refractivity contribution in [1.82, 2.24) is 4.98 Å². The topological polar surface area (TPSA) is 85.4 Å². The van der Waals surface area contributed by atoms with E-state index in [1.807, 2.05) is 0 Å². The Morgan fingerprint density at radius 1 is 1.19 bits per heavy atom. The highest BCUT2D eigenvalue weighted by Gasteiger charge is 2.62. The molecule has 0 fully saturated rings. The van der Waals surface area contributed by atoms with Gasteiger partial charge in [0.1, 0.15) is 0 Å². The van der Waals surface area contributed by atoms with E-state index >= 15 is 0 Å². The Bertz CT molecular complexity index is 1220. The number of hydrogen-bond acceptors (Lipinski definition) is 4. The van der Waals surface area contributed by atoms with Crippen LogP contribution in [0.4, 0.5) is 23.2 Å². The van der Waals surface area contributed by atoms with Gasteiger partial charge in [0.05, 0.1) is 5.52 Å². The van der Waals surface area contributed by atoms with Gasteiger partial charge in [-0.2, -0.15) is 13.2 Å². The van der Waals surface area contributed by atoms with Crippen molar-refractivity contribution < 1.29 is 27.8 Å². The maximum atomic E-state index is 14.1. The Morgan fingerprint density at radius 2 is 1.94 bits per heavy atom. The zero-order valence-electron chi connectivity index (χ0n) is 17.1. The number of halogens is 4. The van der Waals surface area contributed by atoms with E-state index in [0.29, 0.717) is 16.6 Å². The summed E-state index contributed by atoms with van der Waals surface area (Å²) in [6.07, 6.45) is -5.44. The van der Waals surface area contributed by atoms with E-state index in [1.165, 1.54) is 12.1 Å². The first-order valence-electron chi connectivity index (χ1n) is 10.2. The highest BCUT2D eigenvalue weighted by molar-refractivity contribution is 5.91. The summed E-state index contributed by atoms with van der Waals surface area (Å²) in [7, 11) is 0. The second kappa shape index (κ2) is 7.81. The molecule has 0 bridgehead atoms. The summed E-state index contributed by atoms with van der Waals surface area (Å²) in [4.78, 5) is 14.2. The van der Waals surface area contributed by atoms with Crippen molar-refractivity contribution in [1.29, 1.82) is 0 Å². The summed E-state index contributed by atoms with van der Waals surface area (Å²) < 4.78 is 56.4. The molecule has 5 nitrogen and oxygen atoms in total. The molecule has 3 atom stereocenters. The van der Waals surface area contributed by atoms with E-state index in [2.05, 4.69) is 10.3 Å². The van der Waals surface area contributed by atoms with Crippen LogP contribution >= 0.6 is 0 Å². The number of nitrogens with one attached hydrogen (secondary N) is 2. The fourth-order valence-corrected chi connectivity index (χ4v) is 4.70. The van der Waals surface area contributed by atoms with Gasteiger partial charge in [-0.05, 0) is 48.6 Å². The minimum absolute atomic E-state index is 0.0583. The van der Waals surface area contributed by atoms with Gasteiger partial charge in [-0.1, -0.05) is 19.1 Å². The fourth-order valence-electron chi connectivity index (χ4n) is 4.70. The van der Waals surface area contributed by atoms with E-state index < -0.39 is 41.6 Å². The predicted molar refractivity (Wildman–Crippen MR) is 113 cm³/mol. The molecule has 0 radical (unpaired) electrons. The molecular weight excluding hydrogens is 428 g/mol. The third kappa shape index (κ3) is 3.50. The Balaban J connectivity index is 1.80. The van der Waals surface area contributed by atoms with Crippen molar-refractivity contribution in [2.24, 2.45) is 0 Å². The van der Waals surface area contributed by atoms with Crippen LogP contribution in [-0.2, 0) is 0 Å². The maximum Gasteiger partial charge on any atom is 0.417 e. The van der Waals surface area contributed by atoms with Crippen molar-refractivity contribution in [3.8, 4) is 5.75 Å². The van der Waals surface area contributed by atoms with Crippen LogP contribution in [0, 0.1) is 5.82 Å². The van der Waals surface area contributed by atoms with Gasteiger partial charge in [0.2, 0.25) is 5.56 Å². The van der Waals surface area contributed by atoms with Crippen LogP contribution in [0.5, 0.6) is 5.75 Å². The van der Waals surface area contributed by atoms with Gasteiger partial charge in [0.25, 0.3) is 0 Å². The second-order valence-corrected chi connectivity index (χ2v) is 8.15. The Hall–Kier alpha value is -3.07. The van der Waals surface area contributed by atoms with Gasteiger partial charge in [0, 0.05) is 35.2 Å². The first-order chi connectivity index (χ1) is 15.1. The highest BCUT2D eigenvalue weighted by atomic mass is 19.4. The lowest BCUT2D eigenvalue weighted by atomic mass is 9.66. The average Bonchev–Trinajstić information content (AvgIpc) is 2.74. The molecule has 4 N–H and O–H groups in total. The largest absolute Gasteiger partial charge is 0.505 e. The molecule has 0 saturated heterocycles. The third-order valence-electron chi connectivity index (χ3n) is 6.36.